The molecule has 0 aliphatic carbocycles. The van der Waals surface area contributed by atoms with Gasteiger partial charge in [-0.1, -0.05) is 6.92 Å². The first-order chi connectivity index (χ1) is 10.5. The van der Waals surface area contributed by atoms with Gasteiger partial charge >= 0.3 is 0 Å². The molecule has 1 aliphatic heterocycles. The first kappa shape index (κ1) is 17.1. The highest BCUT2D eigenvalue weighted by Crippen LogP contribution is 2.23. The topological polar surface area (TPSA) is 37.3 Å². The van der Waals surface area contributed by atoms with Crippen molar-refractivity contribution >= 4 is 5.91 Å². The van der Waals surface area contributed by atoms with Crippen LogP contribution in [-0.2, 0) is 0 Å². The van der Waals surface area contributed by atoms with Crippen LogP contribution in [-0.4, -0.2) is 41.1 Å². The third kappa shape index (κ3) is 3.37. The monoisotopic (exact) mass is 305 g/mol. The number of carbonyl (C=O) groups is 1. The predicted molar refractivity (Wildman–Crippen MR) is 91.5 cm³/mol. The molecule has 1 N–H and O–H groups in total. The van der Waals surface area contributed by atoms with Crippen LogP contribution in [0.4, 0.5) is 0 Å². The van der Waals surface area contributed by atoms with E-state index in [9.17, 15) is 4.79 Å². The second-order valence-electron chi connectivity index (χ2n) is 6.73. The summed E-state index contributed by atoms with van der Waals surface area (Å²) >= 11 is 0. The number of aryl methyl sites for hydroxylation is 1. The molecular formula is C18H31N3O. The largest absolute Gasteiger partial charge is 0.346 e. The van der Waals surface area contributed by atoms with Gasteiger partial charge in [-0.25, -0.2) is 0 Å². The maximum atomic E-state index is 13.1. The van der Waals surface area contributed by atoms with E-state index in [-0.39, 0.29) is 5.91 Å². The van der Waals surface area contributed by atoms with Crippen molar-refractivity contribution in [2.24, 2.45) is 0 Å². The number of nitrogens with one attached hydrogen (secondary N) is 1. The first-order valence-corrected chi connectivity index (χ1v) is 8.67. The maximum Gasteiger partial charge on any atom is 0.255 e. The van der Waals surface area contributed by atoms with E-state index in [2.05, 4.69) is 55.5 Å². The van der Waals surface area contributed by atoms with Gasteiger partial charge in [-0.3, -0.25) is 4.79 Å². The minimum absolute atomic E-state index is 0.216. The summed E-state index contributed by atoms with van der Waals surface area (Å²) in [7, 11) is 0. The SMILES string of the molecule is CCCN(C(=O)c1cc(C)n(C(C)C)c1C)C1CCNCC1. The van der Waals surface area contributed by atoms with E-state index in [4.69, 9.17) is 0 Å². The normalized spacial score (nSPS) is 16.3. The Morgan fingerprint density at radius 2 is 2.00 bits per heavy atom. The minimum Gasteiger partial charge on any atom is -0.346 e. The molecule has 1 aliphatic rings. The van der Waals surface area contributed by atoms with Crippen LogP contribution in [0.1, 0.15) is 67.8 Å². The average molecular weight is 305 g/mol. The van der Waals surface area contributed by atoms with E-state index in [1.165, 1.54) is 5.69 Å². The van der Waals surface area contributed by atoms with E-state index < -0.39 is 0 Å². The standard InChI is InChI=1S/C18H31N3O/c1-6-11-20(16-7-9-19-10-8-16)18(22)17-12-14(4)21(13(2)3)15(17)5/h12-13,16,19H,6-11H2,1-5H3. The van der Waals surface area contributed by atoms with Crippen LogP contribution >= 0.6 is 0 Å². The molecule has 2 heterocycles. The molecule has 0 atom stereocenters. The van der Waals surface area contributed by atoms with Crippen molar-refractivity contribution in [2.45, 2.75) is 66.0 Å². The Hall–Kier alpha value is -1.29. The summed E-state index contributed by atoms with van der Waals surface area (Å²) in [6, 6.07) is 2.84. The zero-order chi connectivity index (χ0) is 16.3. The highest BCUT2D eigenvalue weighted by molar-refractivity contribution is 5.96. The molecule has 4 heteroatoms. The highest BCUT2D eigenvalue weighted by Gasteiger charge is 2.28. The lowest BCUT2D eigenvalue weighted by molar-refractivity contribution is 0.0642. The van der Waals surface area contributed by atoms with Crippen LogP contribution in [0, 0.1) is 13.8 Å². The number of rotatable bonds is 5. The molecular weight excluding hydrogens is 274 g/mol. The van der Waals surface area contributed by atoms with Gasteiger partial charge in [0.05, 0.1) is 5.56 Å². The number of piperidine rings is 1. The van der Waals surface area contributed by atoms with Crippen LogP contribution in [0.25, 0.3) is 0 Å². The lowest BCUT2D eigenvalue weighted by Crippen LogP contribution is -2.46. The molecule has 0 radical (unpaired) electrons. The molecule has 22 heavy (non-hydrogen) atoms. The van der Waals surface area contributed by atoms with Gasteiger partial charge in [0, 0.05) is 30.0 Å². The van der Waals surface area contributed by atoms with Crippen LogP contribution in [0.2, 0.25) is 0 Å². The molecule has 0 bridgehead atoms. The Balaban J connectivity index is 2.28. The molecule has 1 fully saturated rings. The summed E-state index contributed by atoms with van der Waals surface area (Å²) < 4.78 is 2.26. The molecule has 1 amide bonds. The molecule has 1 aromatic rings. The van der Waals surface area contributed by atoms with Crippen LogP contribution in [0.15, 0.2) is 6.07 Å². The molecule has 124 valence electrons. The van der Waals surface area contributed by atoms with Gasteiger partial charge in [0.15, 0.2) is 0 Å². The molecule has 0 spiro atoms. The lowest BCUT2D eigenvalue weighted by atomic mass is 10.0. The third-order valence-corrected chi connectivity index (χ3v) is 4.71. The van der Waals surface area contributed by atoms with E-state index in [1.807, 2.05) is 0 Å². The second-order valence-corrected chi connectivity index (χ2v) is 6.73. The van der Waals surface area contributed by atoms with Gasteiger partial charge in [0.1, 0.15) is 0 Å². The summed E-state index contributed by atoms with van der Waals surface area (Å²) in [4.78, 5) is 15.3. The lowest BCUT2D eigenvalue weighted by Gasteiger charge is -2.34. The summed E-state index contributed by atoms with van der Waals surface area (Å²) in [5, 5.41) is 3.39. The first-order valence-electron chi connectivity index (χ1n) is 8.67. The van der Waals surface area contributed by atoms with Crippen molar-refractivity contribution < 1.29 is 4.79 Å². The van der Waals surface area contributed by atoms with E-state index >= 15 is 0 Å². The fraction of sp³-hybridized carbons (Fsp3) is 0.722. The quantitative estimate of drug-likeness (QED) is 0.906. The van der Waals surface area contributed by atoms with E-state index in [1.54, 1.807) is 0 Å². The highest BCUT2D eigenvalue weighted by atomic mass is 16.2. The summed E-state index contributed by atoms with van der Waals surface area (Å²) in [5.41, 5.74) is 3.17. The number of hydrogen-bond acceptors (Lipinski definition) is 2. The summed E-state index contributed by atoms with van der Waals surface area (Å²) in [6.07, 6.45) is 3.14. The van der Waals surface area contributed by atoms with Crippen molar-refractivity contribution in [2.75, 3.05) is 19.6 Å². The Labute approximate surface area is 134 Å². The zero-order valence-electron chi connectivity index (χ0n) is 14.8. The molecule has 1 saturated heterocycles. The molecule has 0 saturated carbocycles. The number of nitrogens with zero attached hydrogens (tertiary/aromatic N) is 2. The van der Waals surface area contributed by atoms with Gasteiger partial charge in [-0.05, 0) is 66.1 Å². The minimum atomic E-state index is 0.216. The molecule has 4 nitrogen and oxygen atoms in total. The van der Waals surface area contributed by atoms with E-state index in [0.717, 1.165) is 50.2 Å². The maximum absolute atomic E-state index is 13.1. The van der Waals surface area contributed by atoms with Gasteiger partial charge in [0.25, 0.3) is 5.91 Å². The third-order valence-electron chi connectivity index (χ3n) is 4.71. The van der Waals surface area contributed by atoms with Gasteiger partial charge in [-0.15, -0.1) is 0 Å². The van der Waals surface area contributed by atoms with Gasteiger partial charge in [-0.2, -0.15) is 0 Å². The second kappa shape index (κ2) is 7.32. The zero-order valence-corrected chi connectivity index (χ0v) is 14.8. The molecule has 0 unspecified atom stereocenters. The average Bonchev–Trinajstić information content (AvgIpc) is 2.80. The van der Waals surface area contributed by atoms with E-state index in [0.29, 0.717) is 12.1 Å². The fourth-order valence-corrected chi connectivity index (χ4v) is 3.75. The van der Waals surface area contributed by atoms with Crippen molar-refractivity contribution in [3.63, 3.8) is 0 Å². The number of hydrogen-bond donors (Lipinski definition) is 1. The van der Waals surface area contributed by atoms with Crippen LogP contribution in [0.3, 0.4) is 0 Å². The van der Waals surface area contributed by atoms with Crippen molar-refractivity contribution in [1.29, 1.82) is 0 Å². The van der Waals surface area contributed by atoms with Gasteiger partial charge < -0.3 is 14.8 Å². The van der Waals surface area contributed by atoms with Crippen molar-refractivity contribution in [1.82, 2.24) is 14.8 Å². The van der Waals surface area contributed by atoms with Crippen LogP contribution < -0.4 is 5.32 Å². The Morgan fingerprint density at radius 1 is 1.36 bits per heavy atom. The molecule has 0 aromatic carbocycles. The number of carbonyl (C=O) groups excluding carboxylic acids is 1. The van der Waals surface area contributed by atoms with Crippen LogP contribution in [0.5, 0.6) is 0 Å². The smallest absolute Gasteiger partial charge is 0.255 e. The van der Waals surface area contributed by atoms with Crippen molar-refractivity contribution in [3.8, 4) is 0 Å². The summed E-state index contributed by atoms with van der Waals surface area (Å²) in [5.74, 6) is 0.216. The Morgan fingerprint density at radius 3 is 2.50 bits per heavy atom. The number of aromatic nitrogens is 1. The molecule has 2 rings (SSSR count). The summed E-state index contributed by atoms with van der Waals surface area (Å²) in [6.45, 7) is 13.6. The predicted octanol–water partition coefficient (Wildman–Crippen LogP) is 3.29. The van der Waals surface area contributed by atoms with Gasteiger partial charge in [0.2, 0.25) is 0 Å². The molecule has 1 aromatic heterocycles. The fourth-order valence-electron chi connectivity index (χ4n) is 3.75. The number of amides is 1. The Kier molecular flexibility index (Phi) is 5.68. The Bertz CT molecular complexity index is 513. The van der Waals surface area contributed by atoms with Crippen molar-refractivity contribution in [3.05, 3.63) is 23.0 Å².